The van der Waals surface area contributed by atoms with Crippen molar-refractivity contribution >= 4 is 21.6 Å². The fourth-order valence-electron chi connectivity index (χ4n) is 1.82. The summed E-state index contributed by atoms with van der Waals surface area (Å²) in [5.41, 5.74) is 0. The average Bonchev–Trinajstić information content (AvgIpc) is 2.85. The second-order valence-corrected chi connectivity index (χ2v) is 6.65. The van der Waals surface area contributed by atoms with Gasteiger partial charge in [-0.1, -0.05) is 0 Å². The van der Waals surface area contributed by atoms with Crippen LogP contribution in [0, 0.1) is 11.8 Å². The summed E-state index contributed by atoms with van der Waals surface area (Å²) in [4.78, 5) is 22.0. The zero-order valence-corrected chi connectivity index (χ0v) is 9.03. The Morgan fingerprint density at radius 2 is 1.80 bits per heavy atom. The van der Waals surface area contributed by atoms with Crippen LogP contribution < -0.4 is 0 Å². The molecule has 0 aromatic heterocycles. The number of carboxylic acids is 1. The maximum Gasteiger partial charge on any atom is 0.307 e. The van der Waals surface area contributed by atoms with Crippen LogP contribution in [0.15, 0.2) is 4.36 Å². The second-order valence-electron chi connectivity index (χ2n) is 4.10. The molecule has 1 N–H and O–H groups in total. The molecule has 0 aromatic carbocycles. The summed E-state index contributed by atoms with van der Waals surface area (Å²) in [5.74, 6) is -1.54. The van der Waals surface area contributed by atoms with E-state index in [0.717, 1.165) is 12.8 Å². The van der Waals surface area contributed by atoms with Crippen LogP contribution in [0.4, 0.5) is 0 Å². The normalized spacial score (nSPS) is 32.3. The minimum absolute atomic E-state index is 0.354. The highest BCUT2D eigenvalue weighted by atomic mass is 32.2. The first-order chi connectivity index (χ1) is 7.02. The van der Waals surface area contributed by atoms with Gasteiger partial charge in [-0.05, 0) is 19.3 Å². The molecule has 0 spiro atoms. The van der Waals surface area contributed by atoms with Crippen LogP contribution in [0.3, 0.4) is 0 Å². The number of carbonyl (C=O) groups is 2. The maximum atomic E-state index is 11.9. The molecule has 1 aliphatic heterocycles. The highest BCUT2D eigenvalue weighted by Gasteiger charge is 2.48. The van der Waals surface area contributed by atoms with Gasteiger partial charge in [0.2, 0.25) is 0 Å². The van der Waals surface area contributed by atoms with Crippen LogP contribution in [-0.2, 0) is 19.3 Å². The number of carbonyl (C=O) groups excluding carboxylic acids is 1. The number of carboxylic acid groups (broad SMARTS) is 1. The van der Waals surface area contributed by atoms with Gasteiger partial charge in [0, 0.05) is 11.5 Å². The molecule has 6 heteroatoms. The smallest absolute Gasteiger partial charge is 0.307 e. The van der Waals surface area contributed by atoms with Crippen LogP contribution in [0.2, 0.25) is 0 Å². The van der Waals surface area contributed by atoms with E-state index < -0.39 is 33.4 Å². The number of hydrogen-bond donors (Lipinski definition) is 1. The van der Waals surface area contributed by atoms with Crippen molar-refractivity contribution in [2.24, 2.45) is 16.2 Å². The first-order valence-electron chi connectivity index (χ1n) is 5.01. The average molecular weight is 231 g/mol. The van der Waals surface area contributed by atoms with Gasteiger partial charge >= 0.3 is 5.97 Å². The Labute approximate surface area is 88.0 Å². The molecule has 2 fully saturated rings. The summed E-state index contributed by atoms with van der Waals surface area (Å²) < 4.78 is 15.6. The van der Waals surface area contributed by atoms with E-state index >= 15 is 0 Å². The molecule has 2 unspecified atom stereocenters. The molecule has 84 valence electrons. The Bertz CT molecular complexity index is 410. The number of aliphatic carboxylic acids is 1. The first kappa shape index (κ1) is 10.6. The minimum Gasteiger partial charge on any atom is -0.481 e. The van der Waals surface area contributed by atoms with Crippen molar-refractivity contribution in [1.82, 2.24) is 0 Å². The topological polar surface area (TPSA) is 83.8 Å². The predicted octanol–water partition coefficient (Wildman–Crippen LogP) is 0.495. The number of hydrogen-bond acceptors (Lipinski definition) is 3. The van der Waals surface area contributed by atoms with Gasteiger partial charge in [0.1, 0.15) is 0 Å². The zero-order chi connectivity index (χ0) is 11.1. The molecule has 1 saturated carbocycles. The van der Waals surface area contributed by atoms with Crippen LogP contribution >= 0.6 is 0 Å². The summed E-state index contributed by atoms with van der Waals surface area (Å²) in [5, 5.41) is 8.63. The van der Waals surface area contributed by atoms with Crippen molar-refractivity contribution in [3.05, 3.63) is 0 Å². The van der Waals surface area contributed by atoms with Gasteiger partial charge in [0.25, 0.3) is 5.91 Å². The fourth-order valence-corrected chi connectivity index (χ4v) is 3.98. The van der Waals surface area contributed by atoms with Crippen molar-refractivity contribution in [2.45, 2.75) is 19.3 Å². The molecule has 0 aromatic rings. The molecule has 2 rings (SSSR count). The van der Waals surface area contributed by atoms with E-state index in [1.165, 1.54) is 0 Å². The molecular weight excluding hydrogens is 218 g/mol. The van der Waals surface area contributed by atoms with Crippen LogP contribution in [0.1, 0.15) is 19.3 Å². The molecule has 2 aliphatic rings. The SMILES string of the molecule is O=C(O)C1CC1C(=O)N=S1(=O)CCCC1. The summed E-state index contributed by atoms with van der Waals surface area (Å²) in [6.07, 6.45) is 2.05. The first-order valence-corrected chi connectivity index (χ1v) is 6.86. The number of nitrogens with zero attached hydrogens (tertiary/aromatic N) is 1. The number of amides is 1. The molecule has 0 radical (unpaired) electrons. The Balaban J connectivity index is 2.05. The zero-order valence-electron chi connectivity index (χ0n) is 8.22. The van der Waals surface area contributed by atoms with Crippen molar-refractivity contribution in [3.8, 4) is 0 Å². The molecule has 15 heavy (non-hydrogen) atoms. The molecule has 1 heterocycles. The second kappa shape index (κ2) is 3.59. The highest BCUT2D eigenvalue weighted by molar-refractivity contribution is 7.94. The van der Waals surface area contributed by atoms with E-state index in [0.29, 0.717) is 17.9 Å². The van der Waals surface area contributed by atoms with Gasteiger partial charge in [-0.25, -0.2) is 4.21 Å². The van der Waals surface area contributed by atoms with Gasteiger partial charge in [-0.15, -0.1) is 0 Å². The monoisotopic (exact) mass is 231 g/mol. The third-order valence-corrected chi connectivity index (χ3v) is 5.22. The lowest BCUT2D eigenvalue weighted by Gasteiger charge is -1.98. The Morgan fingerprint density at radius 1 is 1.20 bits per heavy atom. The molecule has 1 aliphatic carbocycles. The van der Waals surface area contributed by atoms with Crippen LogP contribution in [0.5, 0.6) is 0 Å². The van der Waals surface area contributed by atoms with E-state index in [-0.39, 0.29) is 0 Å². The molecule has 1 saturated heterocycles. The van der Waals surface area contributed by atoms with Crippen molar-refractivity contribution < 1.29 is 18.9 Å². The molecular formula is C9H13NO4S. The van der Waals surface area contributed by atoms with E-state index in [9.17, 15) is 13.8 Å². The van der Waals surface area contributed by atoms with E-state index in [4.69, 9.17) is 5.11 Å². The quantitative estimate of drug-likeness (QED) is 0.749. The largest absolute Gasteiger partial charge is 0.481 e. The Kier molecular flexibility index (Phi) is 2.54. The third-order valence-electron chi connectivity index (χ3n) is 2.86. The Morgan fingerprint density at radius 3 is 2.27 bits per heavy atom. The minimum atomic E-state index is -2.32. The number of rotatable bonds is 2. The van der Waals surface area contributed by atoms with Crippen LogP contribution in [-0.4, -0.2) is 32.7 Å². The standard InChI is InChI=1S/C9H13NO4S/c11-8(6-5-7(6)9(12)13)10-15(14)3-1-2-4-15/h6-7H,1-5H2,(H,12,13). The van der Waals surface area contributed by atoms with Gasteiger partial charge in [-0.2, -0.15) is 4.36 Å². The van der Waals surface area contributed by atoms with Crippen LogP contribution in [0.25, 0.3) is 0 Å². The molecule has 5 nitrogen and oxygen atoms in total. The predicted molar refractivity (Wildman–Crippen MR) is 53.8 cm³/mol. The maximum absolute atomic E-state index is 11.9. The van der Waals surface area contributed by atoms with Crippen molar-refractivity contribution in [1.29, 1.82) is 0 Å². The Hall–Kier alpha value is -0.910. The van der Waals surface area contributed by atoms with Crippen molar-refractivity contribution in [3.63, 3.8) is 0 Å². The molecule has 0 bridgehead atoms. The lowest BCUT2D eigenvalue weighted by atomic mass is 10.3. The molecule has 1 amide bonds. The summed E-state index contributed by atoms with van der Waals surface area (Å²) >= 11 is 0. The summed E-state index contributed by atoms with van der Waals surface area (Å²) in [6.45, 7) is 0. The van der Waals surface area contributed by atoms with E-state index in [1.54, 1.807) is 0 Å². The van der Waals surface area contributed by atoms with E-state index in [2.05, 4.69) is 4.36 Å². The third kappa shape index (κ3) is 2.19. The van der Waals surface area contributed by atoms with E-state index in [1.807, 2.05) is 0 Å². The summed E-state index contributed by atoms with van der Waals surface area (Å²) in [7, 11) is -2.32. The van der Waals surface area contributed by atoms with Crippen molar-refractivity contribution in [2.75, 3.05) is 11.5 Å². The lowest BCUT2D eigenvalue weighted by Crippen LogP contribution is -2.10. The molecule has 2 atom stereocenters. The van der Waals surface area contributed by atoms with Gasteiger partial charge < -0.3 is 5.11 Å². The fraction of sp³-hybridized carbons (Fsp3) is 0.778. The lowest BCUT2D eigenvalue weighted by molar-refractivity contribution is -0.139. The summed E-state index contributed by atoms with van der Waals surface area (Å²) in [6, 6.07) is 0. The van der Waals surface area contributed by atoms with Gasteiger partial charge in [0.15, 0.2) is 0 Å². The highest BCUT2D eigenvalue weighted by Crippen LogP contribution is 2.40. The van der Waals surface area contributed by atoms with Gasteiger partial charge in [-0.3, -0.25) is 9.59 Å². The van der Waals surface area contributed by atoms with Gasteiger partial charge in [0.05, 0.1) is 21.6 Å².